The minimum Gasteiger partial charge on any atom is -0.441 e. The van der Waals surface area contributed by atoms with Crippen LogP contribution in [0.3, 0.4) is 0 Å². The quantitative estimate of drug-likeness (QED) is 0.851. The number of oxazole rings is 1. The smallest absolute Gasteiger partial charge is 0.192 e. The van der Waals surface area contributed by atoms with Gasteiger partial charge in [-0.3, -0.25) is 0 Å². The Bertz CT molecular complexity index is 530. The van der Waals surface area contributed by atoms with Gasteiger partial charge in [0.15, 0.2) is 11.5 Å². The van der Waals surface area contributed by atoms with E-state index < -0.39 is 0 Å². The topological polar surface area (TPSA) is 78.1 Å². The van der Waals surface area contributed by atoms with Crippen LogP contribution in [0.25, 0.3) is 11.1 Å². The van der Waals surface area contributed by atoms with Gasteiger partial charge in [0, 0.05) is 13.0 Å². The van der Waals surface area contributed by atoms with Crippen molar-refractivity contribution in [1.29, 1.82) is 0 Å². The van der Waals surface area contributed by atoms with Crippen LogP contribution in [-0.2, 0) is 0 Å². The lowest BCUT2D eigenvalue weighted by Crippen LogP contribution is -2.35. The minimum atomic E-state index is -0.136. The SMILES string of the molecule is Cc1nc2ccc(C(N)C(C)(C)CN)cc2o1. The maximum absolute atomic E-state index is 6.24. The van der Waals surface area contributed by atoms with E-state index in [1.807, 2.05) is 25.1 Å². The molecular formula is C13H19N3O. The monoisotopic (exact) mass is 233 g/mol. The Morgan fingerprint density at radius 2 is 2.12 bits per heavy atom. The van der Waals surface area contributed by atoms with E-state index in [-0.39, 0.29) is 11.5 Å². The number of fused-ring (bicyclic) bond motifs is 1. The van der Waals surface area contributed by atoms with Crippen LogP contribution in [0.2, 0.25) is 0 Å². The van der Waals surface area contributed by atoms with Crippen LogP contribution in [0.4, 0.5) is 0 Å². The molecule has 1 aromatic heterocycles. The van der Waals surface area contributed by atoms with Gasteiger partial charge in [0.05, 0.1) is 0 Å². The van der Waals surface area contributed by atoms with E-state index in [9.17, 15) is 0 Å². The second-order valence-corrected chi connectivity index (χ2v) is 5.13. The van der Waals surface area contributed by atoms with Crippen molar-refractivity contribution in [3.8, 4) is 0 Å². The van der Waals surface area contributed by atoms with Crippen LogP contribution >= 0.6 is 0 Å². The van der Waals surface area contributed by atoms with E-state index in [0.717, 1.165) is 16.7 Å². The highest BCUT2D eigenvalue weighted by atomic mass is 16.3. The molecule has 0 bridgehead atoms. The third-order valence-electron chi connectivity index (χ3n) is 3.25. The molecule has 17 heavy (non-hydrogen) atoms. The highest BCUT2D eigenvalue weighted by Gasteiger charge is 2.26. The van der Waals surface area contributed by atoms with Crippen molar-refractivity contribution in [2.45, 2.75) is 26.8 Å². The summed E-state index contributed by atoms with van der Waals surface area (Å²) in [5.74, 6) is 0.670. The Hall–Kier alpha value is -1.39. The molecule has 1 atom stereocenters. The molecule has 4 nitrogen and oxygen atoms in total. The molecule has 1 heterocycles. The molecule has 1 aromatic carbocycles. The van der Waals surface area contributed by atoms with Gasteiger partial charge in [-0.15, -0.1) is 0 Å². The van der Waals surface area contributed by atoms with Crippen LogP contribution in [0.5, 0.6) is 0 Å². The summed E-state index contributed by atoms with van der Waals surface area (Å²) in [6.45, 7) is 6.51. The first-order valence-corrected chi connectivity index (χ1v) is 5.77. The van der Waals surface area contributed by atoms with Crippen molar-refractivity contribution >= 4 is 11.1 Å². The molecule has 0 saturated heterocycles. The van der Waals surface area contributed by atoms with Gasteiger partial charge in [0.2, 0.25) is 0 Å². The second-order valence-electron chi connectivity index (χ2n) is 5.13. The Morgan fingerprint density at radius 3 is 2.76 bits per heavy atom. The van der Waals surface area contributed by atoms with Gasteiger partial charge >= 0.3 is 0 Å². The number of nitrogens with two attached hydrogens (primary N) is 2. The van der Waals surface area contributed by atoms with Crippen LogP contribution in [0.15, 0.2) is 22.6 Å². The fraction of sp³-hybridized carbons (Fsp3) is 0.462. The Labute approximate surface area is 101 Å². The molecule has 0 aliphatic heterocycles. The first-order chi connectivity index (χ1) is 7.94. The summed E-state index contributed by atoms with van der Waals surface area (Å²) < 4.78 is 5.51. The maximum atomic E-state index is 6.24. The second kappa shape index (κ2) is 4.13. The molecule has 0 spiro atoms. The lowest BCUT2D eigenvalue weighted by atomic mass is 9.81. The average Bonchev–Trinajstić information content (AvgIpc) is 2.66. The predicted octanol–water partition coefficient (Wildman–Crippen LogP) is 2.12. The van der Waals surface area contributed by atoms with Gasteiger partial charge in [0.1, 0.15) is 5.52 Å². The zero-order valence-corrected chi connectivity index (χ0v) is 10.5. The van der Waals surface area contributed by atoms with Gasteiger partial charge in [-0.05, 0) is 29.7 Å². The van der Waals surface area contributed by atoms with Gasteiger partial charge in [0.25, 0.3) is 0 Å². The van der Waals surface area contributed by atoms with Gasteiger partial charge < -0.3 is 15.9 Å². The first-order valence-electron chi connectivity index (χ1n) is 5.77. The molecule has 4 N–H and O–H groups in total. The van der Waals surface area contributed by atoms with Crippen LogP contribution < -0.4 is 11.5 Å². The standard InChI is InChI=1S/C13H19N3O/c1-8-16-10-5-4-9(6-11(10)17-8)12(15)13(2,3)7-14/h4-6,12H,7,14-15H2,1-3H3. The predicted molar refractivity (Wildman–Crippen MR) is 68.5 cm³/mol. The van der Waals surface area contributed by atoms with Gasteiger partial charge in [-0.2, -0.15) is 0 Å². The van der Waals surface area contributed by atoms with Crippen molar-refractivity contribution in [3.63, 3.8) is 0 Å². The molecule has 0 amide bonds. The Kier molecular flexibility index (Phi) is 2.93. The number of benzene rings is 1. The molecule has 0 radical (unpaired) electrons. The van der Waals surface area contributed by atoms with E-state index in [4.69, 9.17) is 15.9 Å². The zero-order valence-electron chi connectivity index (χ0n) is 10.5. The molecule has 92 valence electrons. The number of aromatic nitrogens is 1. The lowest BCUT2D eigenvalue weighted by molar-refractivity contribution is 0.301. The molecule has 4 heteroatoms. The molecule has 0 fully saturated rings. The fourth-order valence-corrected chi connectivity index (χ4v) is 1.83. The summed E-state index contributed by atoms with van der Waals surface area (Å²) in [6, 6.07) is 5.78. The molecule has 0 aliphatic carbocycles. The molecule has 0 aliphatic rings. The van der Waals surface area contributed by atoms with E-state index >= 15 is 0 Å². The van der Waals surface area contributed by atoms with Gasteiger partial charge in [-0.1, -0.05) is 19.9 Å². The first kappa shape index (κ1) is 12.1. The zero-order chi connectivity index (χ0) is 12.6. The largest absolute Gasteiger partial charge is 0.441 e. The summed E-state index contributed by atoms with van der Waals surface area (Å²) in [6.07, 6.45) is 0. The normalized spacial score (nSPS) is 14.2. The van der Waals surface area contributed by atoms with Crippen molar-refractivity contribution in [1.82, 2.24) is 4.98 Å². The van der Waals surface area contributed by atoms with Crippen molar-refractivity contribution in [3.05, 3.63) is 29.7 Å². The third-order valence-corrected chi connectivity index (χ3v) is 3.25. The summed E-state index contributed by atoms with van der Waals surface area (Å²) in [5, 5.41) is 0. The molecule has 0 saturated carbocycles. The number of rotatable bonds is 3. The van der Waals surface area contributed by atoms with Crippen LogP contribution in [0, 0.1) is 12.3 Å². The Morgan fingerprint density at radius 1 is 1.41 bits per heavy atom. The number of hydrogen-bond acceptors (Lipinski definition) is 4. The number of hydrogen-bond donors (Lipinski definition) is 2. The van der Waals surface area contributed by atoms with Crippen molar-refractivity contribution in [2.75, 3.05) is 6.54 Å². The van der Waals surface area contributed by atoms with Crippen molar-refractivity contribution in [2.24, 2.45) is 16.9 Å². The lowest BCUT2D eigenvalue weighted by Gasteiger charge is -2.30. The summed E-state index contributed by atoms with van der Waals surface area (Å²) in [7, 11) is 0. The fourth-order valence-electron chi connectivity index (χ4n) is 1.83. The highest BCUT2D eigenvalue weighted by Crippen LogP contribution is 2.31. The van der Waals surface area contributed by atoms with E-state index in [1.54, 1.807) is 0 Å². The van der Waals surface area contributed by atoms with E-state index in [1.165, 1.54) is 0 Å². The average molecular weight is 233 g/mol. The summed E-state index contributed by atoms with van der Waals surface area (Å²) in [4.78, 5) is 4.26. The molecule has 2 aromatic rings. The van der Waals surface area contributed by atoms with E-state index in [2.05, 4.69) is 18.8 Å². The molecular weight excluding hydrogens is 214 g/mol. The highest BCUT2D eigenvalue weighted by molar-refractivity contribution is 5.73. The summed E-state index contributed by atoms with van der Waals surface area (Å²) >= 11 is 0. The molecule has 2 rings (SSSR count). The van der Waals surface area contributed by atoms with E-state index in [0.29, 0.717) is 12.4 Å². The van der Waals surface area contributed by atoms with Crippen LogP contribution in [-0.4, -0.2) is 11.5 Å². The number of nitrogens with zero attached hydrogens (tertiary/aromatic N) is 1. The molecule has 1 unspecified atom stereocenters. The third kappa shape index (κ3) is 2.18. The summed E-state index contributed by atoms with van der Waals surface area (Å²) in [5.41, 5.74) is 14.5. The number of aryl methyl sites for hydroxylation is 1. The minimum absolute atomic E-state index is 0.109. The maximum Gasteiger partial charge on any atom is 0.192 e. The van der Waals surface area contributed by atoms with Crippen molar-refractivity contribution < 1.29 is 4.42 Å². The van der Waals surface area contributed by atoms with Gasteiger partial charge in [-0.25, -0.2) is 4.98 Å². The Balaban J connectivity index is 2.42. The van der Waals surface area contributed by atoms with Crippen LogP contribution in [0.1, 0.15) is 31.3 Å².